The van der Waals surface area contributed by atoms with E-state index in [-0.39, 0.29) is 18.4 Å². The van der Waals surface area contributed by atoms with Crippen LogP contribution in [-0.2, 0) is 10.2 Å². The Hall–Kier alpha value is -3.54. The quantitative estimate of drug-likeness (QED) is 0.617. The van der Waals surface area contributed by atoms with Crippen molar-refractivity contribution in [2.45, 2.75) is 25.2 Å². The van der Waals surface area contributed by atoms with Crippen LogP contribution in [-0.4, -0.2) is 19.8 Å². The number of nitrogens with one attached hydrogen (secondary N) is 1. The summed E-state index contributed by atoms with van der Waals surface area (Å²) in [6, 6.07) is 16.2. The largest absolute Gasteiger partial charge is 0.494 e. The molecule has 0 radical (unpaired) electrons. The van der Waals surface area contributed by atoms with Gasteiger partial charge < -0.3 is 19.5 Å². The summed E-state index contributed by atoms with van der Waals surface area (Å²) in [5.74, 6) is 1.06. The highest BCUT2D eigenvalue weighted by atomic mass is 19.1. The zero-order valence-electron chi connectivity index (χ0n) is 17.3. The molecule has 5 rings (SSSR count). The number of carbonyl (C=O) groups is 1. The summed E-state index contributed by atoms with van der Waals surface area (Å²) < 4.78 is 30.8. The summed E-state index contributed by atoms with van der Waals surface area (Å²) in [7, 11) is 1.44. The average Bonchev–Trinajstić information content (AvgIpc) is 3.46. The van der Waals surface area contributed by atoms with E-state index in [9.17, 15) is 9.18 Å². The second-order valence-electron chi connectivity index (χ2n) is 7.96. The van der Waals surface area contributed by atoms with Crippen LogP contribution in [0.2, 0.25) is 0 Å². The number of aryl methyl sites for hydroxylation is 1. The molecule has 0 bridgehead atoms. The van der Waals surface area contributed by atoms with Crippen LogP contribution in [0.15, 0.2) is 54.6 Å². The number of hydrogen-bond acceptors (Lipinski definition) is 4. The Labute approximate surface area is 179 Å². The molecular weight excluding hydrogens is 397 g/mol. The molecule has 158 valence electrons. The van der Waals surface area contributed by atoms with E-state index in [4.69, 9.17) is 14.2 Å². The molecule has 1 aliphatic carbocycles. The predicted molar refractivity (Wildman–Crippen MR) is 115 cm³/mol. The number of halogens is 1. The minimum absolute atomic E-state index is 0.0766. The molecule has 1 heterocycles. The highest BCUT2D eigenvalue weighted by Gasteiger charge is 2.51. The number of benzene rings is 3. The molecule has 3 aromatic carbocycles. The van der Waals surface area contributed by atoms with Gasteiger partial charge in [0.1, 0.15) is 0 Å². The van der Waals surface area contributed by atoms with E-state index < -0.39 is 11.2 Å². The lowest BCUT2D eigenvalue weighted by Gasteiger charge is -2.18. The molecule has 1 N–H and O–H groups in total. The maximum absolute atomic E-state index is 14.8. The third kappa shape index (κ3) is 3.28. The van der Waals surface area contributed by atoms with Gasteiger partial charge in [-0.05, 0) is 66.8 Å². The Bertz CT molecular complexity index is 1190. The number of amides is 1. The van der Waals surface area contributed by atoms with Crippen molar-refractivity contribution >= 4 is 11.6 Å². The van der Waals surface area contributed by atoms with Gasteiger partial charge in [-0.3, -0.25) is 4.79 Å². The Morgan fingerprint density at radius 2 is 1.84 bits per heavy atom. The van der Waals surface area contributed by atoms with Gasteiger partial charge in [-0.15, -0.1) is 0 Å². The monoisotopic (exact) mass is 419 g/mol. The van der Waals surface area contributed by atoms with Crippen molar-refractivity contribution in [2.75, 3.05) is 19.2 Å². The summed E-state index contributed by atoms with van der Waals surface area (Å²) in [6.45, 7) is 2.11. The third-order valence-corrected chi connectivity index (χ3v) is 6.08. The van der Waals surface area contributed by atoms with E-state index in [1.807, 2.05) is 37.3 Å². The normalized spacial score (nSPS) is 15.5. The van der Waals surface area contributed by atoms with Gasteiger partial charge in [0.05, 0.1) is 12.5 Å². The molecule has 3 aromatic rings. The highest BCUT2D eigenvalue weighted by molar-refractivity contribution is 6.02. The topological polar surface area (TPSA) is 56.8 Å². The zero-order chi connectivity index (χ0) is 21.6. The maximum Gasteiger partial charge on any atom is 0.235 e. The van der Waals surface area contributed by atoms with E-state index in [0.717, 1.165) is 24.0 Å². The van der Waals surface area contributed by atoms with Gasteiger partial charge in [-0.1, -0.05) is 24.3 Å². The molecule has 1 aliphatic heterocycles. The number of ether oxygens (including phenoxy) is 3. The summed E-state index contributed by atoms with van der Waals surface area (Å²) >= 11 is 0. The van der Waals surface area contributed by atoms with Crippen LogP contribution in [0.4, 0.5) is 10.1 Å². The molecule has 0 saturated heterocycles. The Morgan fingerprint density at radius 1 is 1.03 bits per heavy atom. The summed E-state index contributed by atoms with van der Waals surface area (Å²) in [6.07, 6.45) is 1.53. The van der Waals surface area contributed by atoms with Crippen molar-refractivity contribution in [3.8, 4) is 28.4 Å². The molecule has 1 amide bonds. The van der Waals surface area contributed by atoms with E-state index in [0.29, 0.717) is 28.3 Å². The second-order valence-corrected chi connectivity index (χ2v) is 7.96. The molecule has 1 fully saturated rings. The Kier molecular flexibility index (Phi) is 4.58. The van der Waals surface area contributed by atoms with Crippen LogP contribution < -0.4 is 19.5 Å². The summed E-state index contributed by atoms with van der Waals surface area (Å²) in [5.41, 5.74) is 3.02. The van der Waals surface area contributed by atoms with E-state index in [1.165, 1.54) is 7.11 Å². The van der Waals surface area contributed by atoms with Gasteiger partial charge >= 0.3 is 0 Å². The molecule has 0 unspecified atom stereocenters. The van der Waals surface area contributed by atoms with Crippen molar-refractivity contribution in [1.29, 1.82) is 0 Å². The number of methoxy groups -OCH3 is 1. The standard InChI is InChI=1S/C25H22FNO4/c1-15-6-8-17(13-19(15)18-4-3-5-21(29-2)23(18)26)27-24(28)25(10-11-25)16-7-9-20-22(12-16)31-14-30-20/h3-9,12-13H,10-11,14H2,1-2H3,(H,27,28). The smallest absolute Gasteiger partial charge is 0.235 e. The zero-order valence-corrected chi connectivity index (χ0v) is 17.3. The van der Waals surface area contributed by atoms with Crippen molar-refractivity contribution in [3.63, 3.8) is 0 Å². The van der Waals surface area contributed by atoms with Crippen LogP contribution >= 0.6 is 0 Å². The molecule has 0 aromatic heterocycles. The lowest BCUT2D eigenvalue weighted by molar-refractivity contribution is -0.118. The summed E-state index contributed by atoms with van der Waals surface area (Å²) in [4.78, 5) is 13.2. The predicted octanol–water partition coefficient (Wildman–Crippen LogP) is 5.21. The molecule has 5 nitrogen and oxygen atoms in total. The van der Waals surface area contributed by atoms with Crippen molar-refractivity contribution in [1.82, 2.24) is 0 Å². The molecular formula is C25H22FNO4. The number of fused-ring (bicyclic) bond motifs is 1. The minimum Gasteiger partial charge on any atom is -0.494 e. The van der Waals surface area contributed by atoms with Crippen LogP contribution in [0.25, 0.3) is 11.1 Å². The van der Waals surface area contributed by atoms with E-state index in [2.05, 4.69) is 5.32 Å². The Balaban J connectivity index is 1.43. The van der Waals surface area contributed by atoms with E-state index >= 15 is 0 Å². The fraction of sp³-hybridized carbons (Fsp3) is 0.240. The first-order valence-corrected chi connectivity index (χ1v) is 10.2. The minimum atomic E-state index is -0.576. The van der Waals surface area contributed by atoms with Gasteiger partial charge in [0, 0.05) is 11.3 Å². The van der Waals surface area contributed by atoms with Crippen molar-refractivity contribution in [2.24, 2.45) is 0 Å². The van der Waals surface area contributed by atoms with Gasteiger partial charge in [-0.2, -0.15) is 0 Å². The first kappa shape index (κ1) is 19.4. The van der Waals surface area contributed by atoms with Crippen LogP contribution in [0, 0.1) is 12.7 Å². The number of rotatable bonds is 5. The van der Waals surface area contributed by atoms with Gasteiger partial charge in [0.25, 0.3) is 0 Å². The van der Waals surface area contributed by atoms with Gasteiger partial charge in [-0.25, -0.2) is 4.39 Å². The molecule has 31 heavy (non-hydrogen) atoms. The molecule has 6 heteroatoms. The molecule has 0 atom stereocenters. The van der Waals surface area contributed by atoms with Crippen molar-refractivity contribution < 1.29 is 23.4 Å². The van der Waals surface area contributed by atoms with Crippen LogP contribution in [0.3, 0.4) is 0 Å². The van der Waals surface area contributed by atoms with Crippen LogP contribution in [0.5, 0.6) is 17.2 Å². The lowest BCUT2D eigenvalue weighted by atomic mass is 9.94. The fourth-order valence-corrected chi connectivity index (χ4v) is 4.08. The van der Waals surface area contributed by atoms with Crippen LogP contribution in [0.1, 0.15) is 24.0 Å². The SMILES string of the molecule is COc1cccc(-c2cc(NC(=O)C3(c4ccc5c(c4)OCO5)CC3)ccc2C)c1F. The molecule has 2 aliphatic rings. The van der Waals surface area contributed by atoms with Gasteiger partial charge in [0.2, 0.25) is 12.7 Å². The molecule has 0 spiro atoms. The van der Waals surface area contributed by atoms with Crippen molar-refractivity contribution in [3.05, 3.63) is 71.5 Å². The number of carbonyl (C=O) groups excluding carboxylic acids is 1. The second kappa shape index (κ2) is 7.30. The number of anilines is 1. The maximum atomic E-state index is 14.8. The first-order valence-electron chi connectivity index (χ1n) is 10.2. The first-order chi connectivity index (χ1) is 15.0. The number of hydrogen-bond donors (Lipinski definition) is 1. The Morgan fingerprint density at radius 3 is 2.61 bits per heavy atom. The summed E-state index contributed by atoms with van der Waals surface area (Å²) in [5, 5.41) is 3.03. The third-order valence-electron chi connectivity index (χ3n) is 6.08. The lowest BCUT2D eigenvalue weighted by Crippen LogP contribution is -2.27. The molecule has 1 saturated carbocycles. The average molecular weight is 419 g/mol. The van der Waals surface area contributed by atoms with E-state index in [1.54, 1.807) is 24.3 Å². The van der Waals surface area contributed by atoms with Gasteiger partial charge in [0.15, 0.2) is 23.1 Å². The fourth-order valence-electron chi connectivity index (χ4n) is 4.08. The highest BCUT2D eigenvalue weighted by Crippen LogP contribution is 2.51.